The quantitative estimate of drug-likeness (QED) is 0.649. The zero-order chi connectivity index (χ0) is 13.5. The number of hydrogen-bond acceptors (Lipinski definition) is 1. The van der Waals surface area contributed by atoms with E-state index in [1.165, 1.54) is 17.5 Å². The molecule has 0 atom stereocenters. The van der Waals surface area contributed by atoms with Crippen molar-refractivity contribution in [2.24, 2.45) is 0 Å². The maximum absolute atomic E-state index is 3.16. The van der Waals surface area contributed by atoms with Crippen molar-refractivity contribution in [2.45, 2.75) is 54.5 Å². The van der Waals surface area contributed by atoms with Gasteiger partial charge in [-0.3, -0.25) is 0 Å². The molecule has 0 aliphatic carbocycles. The van der Waals surface area contributed by atoms with Gasteiger partial charge in [-0.1, -0.05) is 72.2 Å². The van der Waals surface area contributed by atoms with E-state index in [4.69, 9.17) is 0 Å². The Bertz CT molecular complexity index is 277. The summed E-state index contributed by atoms with van der Waals surface area (Å²) in [6, 6.07) is 8.41. The maximum atomic E-state index is 3.16. The van der Waals surface area contributed by atoms with Crippen LogP contribution in [0.15, 0.2) is 30.5 Å². The number of rotatable bonds is 0. The van der Waals surface area contributed by atoms with Crippen molar-refractivity contribution in [1.29, 1.82) is 0 Å². The van der Waals surface area contributed by atoms with Gasteiger partial charge in [-0.25, -0.2) is 0 Å². The second-order valence-electron chi connectivity index (χ2n) is 3.12. The molecule has 0 unspecified atom stereocenters. The van der Waals surface area contributed by atoms with Crippen LogP contribution in [0.3, 0.4) is 0 Å². The summed E-state index contributed by atoms with van der Waals surface area (Å²) in [5.41, 5.74) is 2.71. The summed E-state index contributed by atoms with van der Waals surface area (Å²) in [4.78, 5) is 0. The Morgan fingerprint density at radius 2 is 1.53 bits per heavy atom. The minimum atomic E-state index is 0.965. The Morgan fingerprint density at radius 1 is 1.00 bits per heavy atom. The van der Waals surface area contributed by atoms with Crippen LogP contribution in [0.2, 0.25) is 0 Å². The normalized spacial score (nSPS) is 10.0. The summed E-state index contributed by atoms with van der Waals surface area (Å²) < 4.78 is 0. The monoisotopic (exact) mass is 235 g/mol. The van der Waals surface area contributed by atoms with Crippen molar-refractivity contribution >= 4 is 6.08 Å². The van der Waals surface area contributed by atoms with Crippen LogP contribution in [-0.4, -0.2) is 0 Å². The van der Waals surface area contributed by atoms with Gasteiger partial charge < -0.3 is 5.32 Å². The van der Waals surface area contributed by atoms with Gasteiger partial charge in [0.05, 0.1) is 0 Å². The predicted molar refractivity (Wildman–Crippen MR) is 81.0 cm³/mol. The summed E-state index contributed by atoms with van der Waals surface area (Å²) in [5.74, 6) is 0. The first-order valence-electron chi connectivity index (χ1n) is 6.86. The van der Waals surface area contributed by atoms with Gasteiger partial charge in [0, 0.05) is 6.54 Å². The summed E-state index contributed by atoms with van der Waals surface area (Å²) in [6.45, 7) is 13.2. The molecule has 0 spiro atoms. The molecule has 0 aromatic heterocycles. The Hall–Kier alpha value is -1.24. The lowest BCUT2D eigenvalue weighted by molar-refractivity contribution is 0.859. The van der Waals surface area contributed by atoms with Crippen LogP contribution in [0.4, 0.5) is 0 Å². The minimum absolute atomic E-state index is 0.965. The molecule has 1 aliphatic heterocycles. The van der Waals surface area contributed by atoms with E-state index in [-0.39, 0.29) is 0 Å². The molecule has 0 fully saturated rings. The second kappa shape index (κ2) is 14.8. The van der Waals surface area contributed by atoms with Crippen molar-refractivity contribution in [2.75, 3.05) is 0 Å². The van der Waals surface area contributed by atoms with Crippen LogP contribution in [-0.2, 0) is 6.54 Å². The van der Waals surface area contributed by atoms with Gasteiger partial charge in [0.2, 0.25) is 0 Å². The summed E-state index contributed by atoms with van der Waals surface area (Å²) >= 11 is 0. The first kappa shape index (κ1) is 18.1. The van der Waals surface area contributed by atoms with Crippen LogP contribution in [0.1, 0.15) is 59.1 Å². The molecule has 1 nitrogen and oxygen atoms in total. The van der Waals surface area contributed by atoms with E-state index < -0.39 is 0 Å². The van der Waals surface area contributed by atoms with Crippen LogP contribution in [0, 0.1) is 0 Å². The molecule has 1 aromatic rings. The number of fused-ring (bicyclic) bond motifs is 1. The van der Waals surface area contributed by atoms with Crippen LogP contribution < -0.4 is 5.32 Å². The third kappa shape index (κ3) is 8.56. The zero-order valence-electron chi connectivity index (χ0n) is 12.4. The molecule has 1 aromatic carbocycles. The molecule has 98 valence electrons. The molecule has 1 heterocycles. The summed E-state index contributed by atoms with van der Waals surface area (Å²) in [6.07, 6.45) is 5.33. The van der Waals surface area contributed by atoms with Crippen molar-refractivity contribution in [3.8, 4) is 0 Å². The largest absolute Gasteiger partial charge is 0.387 e. The highest BCUT2D eigenvalue weighted by molar-refractivity contribution is 5.55. The van der Waals surface area contributed by atoms with Gasteiger partial charge in [-0.05, 0) is 23.4 Å². The number of hydrogen-bond donors (Lipinski definition) is 1. The minimum Gasteiger partial charge on any atom is -0.387 e. The molecule has 0 bridgehead atoms. The van der Waals surface area contributed by atoms with E-state index in [0.717, 1.165) is 6.54 Å². The first-order chi connectivity index (χ1) is 8.38. The van der Waals surface area contributed by atoms with Gasteiger partial charge in [0.1, 0.15) is 0 Å². The average Bonchev–Trinajstić information content (AvgIpc) is 2.44. The van der Waals surface area contributed by atoms with Crippen LogP contribution in [0.5, 0.6) is 0 Å². The highest BCUT2D eigenvalue weighted by Crippen LogP contribution is 2.12. The maximum Gasteiger partial charge on any atom is 0.0401 e. The topological polar surface area (TPSA) is 12.0 Å². The molecule has 17 heavy (non-hydrogen) atoms. The van der Waals surface area contributed by atoms with Gasteiger partial charge >= 0.3 is 0 Å². The van der Waals surface area contributed by atoms with Gasteiger partial charge in [-0.2, -0.15) is 0 Å². The molecular weight excluding hydrogens is 206 g/mol. The molecule has 1 aliphatic rings. The second-order valence-corrected chi connectivity index (χ2v) is 3.12. The standard InChI is InChI=1S/C9H9N.C3H8.2C2H6/c1-2-4-9-7-10-6-5-8(9)3-1;1-3-2;2*1-2/h1-6,10H,7H2;3H2,1-2H3;2*1-2H3. The Kier molecular flexibility index (Phi) is 15.7. The molecule has 1 N–H and O–H groups in total. The molecule has 1 heteroatoms. The van der Waals surface area contributed by atoms with E-state index >= 15 is 0 Å². The van der Waals surface area contributed by atoms with E-state index in [2.05, 4.69) is 49.5 Å². The van der Waals surface area contributed by atoms with E-state index in [9.17, 15) is 0 Å². The predicted octanol–water partition coefficient (Wildman–Crippen LogP) is 5.23. The lowest BCUT2D eigenvalue weighted by atomic mass is 10.1. The van der Waals surface area contributed by atoms with Crippen molar-refractivity contribution in [3.05, 3.63) is 41.6 Å². The van der Waals surface area contributed by atoms with Gasteiger partial charge in [0.25, 0.3) is 0 Å². The van der Waals surface area contributed by atoms with Crippen molar-refractivity contribution in [1.82, 2.24) is 5.32 Å². The van der Waals surface area contributed by atoms with Gasteiger partial charge in [0.15, 0.2) is 0 Å². The smallest absolute Gasteiger partial charge is 0.0401 e. The Labute approximate surface area is 108 Å². The summed E-state index contributed by atoms with van der Waals surface area (Å²) in [5, 5.41) is 3.16. The lowest BCUT2D eigenvalue weighted by Gasteiger charge is -2.10. The zero-order valence-corrected chi connectivity index (χ0v) is 12.4. The lowest BCUT2D eigenvalue weighted by Crippen LogP contribution is -2.09. The fourth-order valence-electron chi connectivity index (χ4n) is 1.18. The van der Waals surface area contributed by atoms with E-state index in [0.29, 0.717) is 0 Å². The average molecular weight is 235 g/mol. The molecule has 0 amide bonds. The van der Waals surface area contributed by atoms with Crippen LogP contribution in [0.25, 0.3) is 6.08 Å². The fraction of sp³-hybridized carbons (Fsp3) is 0.500. The molecule has 0 radical (unpaired) electrons. The number of benzene rings is 1. The van der Waals surface area contributed by atoms with Crippen molar-refractivity contribution in [3.63, 3.8) is 0 Å². The third-order valence-electron chi connectivity index (χ3n) is 1.73. The van der Waals surface area contributed by atoms with Crippen molar-refractivity contribution < 1.29 is 0 Å². The van der Waals surface area contributed by atoms with Gasteiger partial charge in [-0.15, -0.1) is 0 Å². The Balaban J connectivity index is 0. The highest BCUT2D eigenvalue weighted by Gasteiger charge is 1.99. The summed E-state index contributed by atoms with van der Waals surface area (Å²) in [7, 11) is 0. The third-order valence-corrected chi connectivity index (χ3v) is 1.73. The highest BCUT2D eigenvalue weighted by atomic mass is 14.8. The van der Waals surface area contributed by atoms with E-state index in [1.54, 1.807) is 0 Å². The first-order valence-corrected chi connectivity index (χ1v) is 6.86. The molecule has 0 saturated carbocycles. The Morgan fingerprint density at radius 3 is 2.06 bits per heavy atom. The van der Waals surface area contributed by atoms with E-state index in [1.807, 2.05) is 33.9 Å². The fourth-order valence-corrected chi connectivity index (χ4v) is 1.18. The molecule has 0 saturated heterocycles. The van der Waals surface area contributed by atoms with Crippen LogP contribution >= 0.6 is 0 Å². The molecular formula is C16H29N. The number of nitrogens with one attached hydrogen (secondary N) is 1. The SMILES string of the molecule is C1=Cc2ccccc2CN1.CC.CC.CCC. The molecule has 2 rings (SSSR count).